The summed E-state index contributed by atoms with van der Waals surface area (Å²) in [6.07, 6.45) is 1.73. The maximum absolute atomic E-state index is 13.8. The van der Waals surface area contributed by atoms with Gasteiger partial charge in [-0.3, -0.25) is 19.2 Å². The second-order valence-corrected chi connectivity index (χ2v) is 20.8. The minimum atomic E-state index is -2.34. The van der Waals surface area contributed by atoms with Crippen LogP contribution in [0.4, 0.5) is 4.79 Å². The van der Waals surface area contributed by atoms with Crippen LogP contribution in [0.15, 0.2) is 54.6 Å². The zero-order chi connectivity index (χ0) is 40.6. The predicted molar refractivity (Wildman–Crippen MR) is 216 cm³/mol. The number of rotatable bonds is 20. The molecule has 0 aliphatic heterocycles. The number of carbonyl (C=O) groups is 5. The summed E-state index contributed by atoms with van der Waals surface area (Å²) in [5.74, 6) is -2.63. The van der Waals surface area contributed by atoms with Gasteiger partial charge in [0.15, 0.2) is 8.32 Å². The summed E-state index contributed by atoms with van der Waals surface area (Å²) in [4.78, 5) is 68.3. The van der Waals surface area contributed by atoms with E-state index in [0.29, 0.717) is 18.5 Å². The van der Waals surface area contributed by atoms with Gasteiger partial charge in [0.2, 0.25) is 23.6 Å². The van der Waals surface area contributed by atoms with Gasteiger partial charge in [0.1, 0.15) is 18.7 Å². The van der Waals surface area contributed by atoms with Crippen molar-refractivity contribution < 1.29 is 33.1 Å². The lowest BCUT2D eigenvalue weighted by Gasteiger charge is -2.38. The third-order valence-corrected chi connectivity index (χ3v) is 14.3. The normalized spacial score (nSPS) is 14.0. The fraction of sp³-hybridized carbons (Fsp3) is 0.585. The average Bonchev–Trinajstić information content (AvgIpc) is 3.12. The Kier molecular flexibility index (Phi) is 18.5. The van der Waals surface area contributed by atoms with Gasteiger partial charge in [-0.05, 0) is 61.0 Å². The Bertz CT molecular complexity index is 1530. The molecule has 13 heteroatoms. The third kappa shape index (κ3) is 14.3. The second-order valence-electron chi connectivity index (χ2n) is 16.0. The van der Waals surface area contributed by atoms with Crippen LogP contribution in [0.3, 0.4) is 0 Å². The molecule has 54 heavy (non-hydrogen) atoms. The van der Waals surface area contributed by atoms with E-state index >= 15 is 0 Å². The lowest BCUT2D eigenvalue weighted by Crippen LogP contribution is -2.58. The Morgan fingerprint density at radius 1 is 0.852 bits per heavy atom. The molecule has 0 radical (unpaired) electrons. The van der Waals surface area contributed by atoms with E-state index < -0.39 is 50.3 Å². The summed E-state index contributed by atoms with van der Waals surface area (Å²) in [6, 6.07) is 13.6. The molecular weight excluding hydrogens is 703 g/mol. The minimum absolute atomic E-state index is 0.0749. The van der Waals surface area contributed by atoms with Gasteiger partial charge in [-0.2, -0.15) is 0 Å². The van der Waals surface area contributed by atoms with Gasteiger partial charge in [-0.25, -0.2) is 9.69 Å². The summed E-state index contributed by atoms with van der Waals surface area (Å²) in [5.41, 5.74) is 8.45. The largest absolute Gasteiger partial charge is 0.444 e. The fourth-order valence-corrected chi connectivity index (χ4v) is 6.37. The summed E-state index contributed by atoms with van der Waals surface area (Å²) in [5, 5.41) is 8.56. The minimum Gasteiger partial charge on any atom is -0.444 e. The van der Waals surface area contributed by atoms with E-state index in [0.717, 1.165) is 28.9 Å². The van der Waals surface area contributed by atoms with Crippen LogP contribution in [0.2, 0.25) is 18.1 Å². The molecule has 2 rings (SSSR count). The number of nitrogens with two attached hydrogens (primary N) is 1. The molecule has 2 unspecified atom stereocenters. The number of hydrogen-bond donors (Lipinski definition) is 4. The summed E-state index contributed by atoms with van der Waals surface area (Å²) in [6.45, 7) is 19.5. The zero-order valence-corrected chi connectivity index (χ0v) is 35.1. The van der Waals surface area contributed by atoms with Crippen molar-refractivity contribution in [2.24, 2.45) is 17.6 Å². The second kappa shape index (κ2) is 21.7. The number of imide groups is 1. The molecule has 2 aromatic carbocycles. The molecule has 0 aliphatic carbocycles. The fourth-order valence-electron chi connectivity index (χ4n) is 5.31. The highest BCUT2D eigenvalue weighted by Gasteiger charge is 2.40. The van der Waals surface area contributed by atoms with Crippen molar-refractivity contribution in [1.82, 2.24) is 20.9 Å². The SMILES string of the molecule is CCCCCC(=O)NC(C(=O)NCC(C)C)C(CNC(=O)[C@H](C)N(C(=O)OCc1ccccc1-c1ccccc1)C(=O)[C@H](C)N)CO[Si](C)(C)C(C)(C)C. The molecule has 2 aromatic rings. The van der Waals surface area contributed by atoms with E-state index in [1.807, 2.05) is 75.4 Å². The first-order valence-electron chi connectivity index (χ1n) is 19.2. The lowest BCUT2D eigenvalue weighted by atomic mass is 9.98. The molecule has 0 saturated carbocycles. The number of nitrogens with zero attached hydrogens (tertiary/aromatic N) is 1. The quantitative estimate of drug-likeness (QED) is 0.0920. The lowest BCUT2D eigenvalue weighted by molar-refractivity contribution is -0.139. The van der Waals surface area contributed by atoms with Crippen LogP contribution in [0.5, 0.6) is 0 Å². The number of nitrogens with one attached hydrogen (secondary N) is 3. The first-order chi connectivity index (χ1) is 25.3. The van der Waals surface area contributed by atoms with Crippen LogP contribution in [0.25, 0.3) is 11.1 Å². The van der Waals surface area contributed by atoms with Crippen molar-refractivity contribution in [3.8, 4) is 11.1 Å². The molecule has 0 bridgehead atoms. The van der Waals surface area contributed by atoms with Crippen molar-refractivity contribution in [1.29, 1.82) is 0 Å². The van der Waals surface area contributed by atoms with Crippen LogP contribution >= 0.6 is 0 Å². The Balaban J connectivity index is 2.37. The van der Waals surface area contributed by atoms with Crippen LogP contribution in [0, 0.1) is 11.8 Å². The van der Waals surface area contributed by atoms with Crippen LogP contribution in [-0.2, 0) is 34.9 Å². The molecule has 12 nitrogen and oxygen atoms in total. The molecule has 0 aliphatic rings. The molecule has 0 aromatic heterocycles. The van der Waals surface area contributed by atoms with Crippen LogP contribution < -0.4 is 21.7 Å². The van der Waals surface area contributed by atoms with Gasteiger partial charge < -0.3 is 30.8 Å². The highest BCUT2D eigenvalue weighted by Crippen LogP contribution is 2.37. The number of amides is 5. The van der Waals surface area contributed by atoms with E-state index in [2.05, 4.69) is 49.8 Å². The number of unbranched alkanes of at least 4 members (excludes halogenated alkanes) is 2. The van der Waals surface area contributed by atoms with Gasteiger partial charge in [-0.15, -0.1) is 0 Å². The van der Waals surface area contributed by atoms with E-state index in [4.69, 9.17) is 14.9 Å². The number of hydrogen-bond acceptors (Lipinski definition) is 8. The number of benzene rings is 2. The average molecular weight is 768 g/mol. The molecule has 0 fully saturated rings. The van der Waals surface area contributed by atoms with Crippen molar-refractivity contribution in [3.63, 3.8) is 0 Å². The molecule has 0 saturated heterocycles. The Hall–Kier alpha value is -4.07. The molecule has 4 atom stereocenters. The highest BCUT2D eigenvalue weighted by atomic mass is 28.4. The molecule has 0 heterocycles. The maximum Gasteiger partial charge on any atom is 0.417 e. The van der Waals surface area contributed by atoms with Crippen molar-refractivity contribution >= 4 is 38.0 Å². The zero-order valence-electron chi connectivity index (χ0n) is 34.1. The maximum atomic E-state index is 13.8. The van der Waals surface area contributed by atoms with E-state index in [1.54, 1.807) is 0 Å². The van der Waals surface area contributed by atoms with Gasteiger partial charge in [0.05, 0.1) is 6.04 Å². The van der Waals surface area contributed by atoms with Gasteiger partial charge >= 0.3 is 6.09 Å². The third-order valence-electron chi connectivity index (χ3n) is 9.81. The van der Waals surface area contributed by atoms with E-state index in [-0.39, 0.29) is 48.9 Å². The predicted octanol–water partition coefficient (Wildman–Crippen LogP) is 6.15. The van der Waals surface area contributed by atoms with Crippen molar-refractivity contribution in [3.05, 3.63) is 60.2 Å². The molecule has 0 spiro atoms. The van der Waals surface area contributed by atoms with Crippen LogP contribution in [0.1, 0.15) is 86.6 Å². The Morgan fingerprint density at radius 3 is 2.06 bits per heavy atom. The van der Waals surface area contributed by atoms with Gasteiger partial charge in [0, 0.05) is 32.0 Å². The molecule has 5 amide bonds. The monoisotopic (exact) mass is 767 g/mol. The molecular formula is C41H65N5O7Si. The Morgan fingerprint density at radius 2 is 1.46 bits per heavy atom. The topological polar surface area (TPSA) is 169 Å². The first-order valence-corrected chi connectivity index (χ1v) is 22.1. The smallest absolute Gasteiger partial charge is 0.417 e. The summed E-state index contributed by atoms with van der Waals surface area (Å²) >= 11 is 0. The highest BCUT2D eigenvalue weighted by molar-refractivity contribution is 6.74. The van der Waals surface area contributed by atoms with Gasteiger partial charge in [-0.1, -0.05) is 109 Å². The van der Waals surface area contributed by atoms with E-state index in [9.17, 15) is 24.0 Å². The van der Waals surface area contributed by atoms with Crippen molar-refractivity contribution in [2.75, 3.05) is 19.7 Å². The van der Waals surface area contributed by atoms with Crippen LogP contribution in [-0.4, -0.2) is 80.8 Å². The van der Waals surface area contributed by atoms with Gasteiger partial charge in [0.25, 0.3) is 0 Å². The summed E-state index contributed by atoms with van der Waals surface area (Å²) < 4.78 is 12.2. The summed E-state index contributed by atoms with van der Waals surface area (Å²) in [7, 11) is -2.34. The van der Waals surface area contributed by atoms with E-state index in [1.165, 1.54) is 13.8 Å². The standard InChI is InChI=1S/C41H65N5O7Si/c1-11-12-14-23-35(47)45-36(38(49)43-24-28(2)3)33(27-53-54(9,10)41(6,7)8)25-44-37(48)30(5)46(39(50)29(4)42)40(51)52-26-32-21-17-18-22-34(32)31-19-15-13-16-20-31/h13,15-22,28-30,33,36H,11-12,14,23-27,42H2,1-10H3,(H,43,49)(H,44,48)(H,45,47)/t29-,30-,33?,36?/m0/s1. The van der Waals surface area contributed by atoms with Crippen molar-refractivity contribution in [2.45, 2.75) is 124 Å². The number of ether oxygens (including phenoxy) is 1. The molecule has 5 N–H and O–H groups in total. The Labute approximate surface area is 323 Å². The number of carbonyl (C=O) groups excluding carboxylic acids is 5. The first kappa shape index (κ1) is 46.1. The molecule has 300 valence electrons.